The van der Waals surface area contributed by atoms with Gasteiger partial charge in [0.05, 0.1) is 0 Å². The highest BCUT2D eigenvalue weighted by Crippen LogP contribution is 2.51. The van der Waals surface area contributed by atoms with Crippen LogP contribution in [-0.2, 0) is 20.8 Å². The standard InChI is InChI=1S/C19H26N2O5/c1-13-4-3-5-14(12-13)8-9-19(10-11-19)18(25)21(2)15(17(24)20-26)6-7-16(22)23/h3-5,12,15,26H,6-11H2,1-2H3,(H,20,24)(H,22,23)/t15-/m1/s1. The van der Waals surface area contributed by atoms with Gasteiger partial charge in [0.2, 0.25) is 5.91 Å². The monoisotopic (exact) mass is 362 g/mol. The first-order valence-corrected chi connectivity index (χ1v) is 8.77. The molecule has 0 heterocycles. The number of carboxylic acid groups (broad SMARTS) is 1. The number of hydroxylamine groups is 1. The van der Waals surface area contributed by atoms with E-state index >= 15 is 0 Å². The van der Waals surface area contributed by atoms with Crippen LogP contribution in [0.2, 0.25) is 0 Å². The molecule has 0 saturated heterocycles. The summed E-state index contributed by atoms with van der Waals surface area (Å²) in [6, 6.07) is 7.15. The summed E-state index contributed by atoms with van der Waals surface area (Å²) in [4.78, 5) is 36.9. The fraction of sp³-hybridized carbons (Fsp3) is 0.526. The van der Waals surface area contributed by atoms with E-state index in [4.69, 9.17) is 10.3 Å². The van der Waals surface area contributed by atoms with Crippen molar-refractivity contribution < 1.29 is 24.7 Å². The number of rotatable bonds is 9. The van der Waals surface area contributed by atoms with Gasteiger partial charge >= 0.3 is 5.97 Å². The molecule has 0 spiro atoms. The van der Waals surface area contributed by atoms with E-state index in [9.17, 15) is 14.4 Å². The average Bonchev–Trinajstić information content (AvgIpc) is 3.40. The first-order valence-electron chi connectivity index (χ1n) is 8.77. The van der Waals surface area contributed by atoms with Gasteiger partial charge in [-0.1, -0.05) is 29.8 Å². The van der Waals surface area contributed by atoms with Crippen LogP contribution in [-0.4, -0.2) is 46.1 Å². The van der Waals surface area contributed by atoms with E-state index in [-0.39, 0.29) is 18.7 Å². The molecule has 2 rings (SSSR count). The van der Waals surface area contributed by atoms with Crippen LogP contribution in [0.4, 0.5) is 0 Å². The molecule has 1 fully saturated rings. The van der Waals surface area contributed by atoms with Crippen molar-refractivity contribution >= 4 is 17.8 Å². The largest absolute Gasteiger partial charge is 0.481 e. The SMILES string of the molecule is Cc1cccc(CCC2(C(=O)N(C)[C@H](CCC(=O)O)C(=O)NO)CC2)c1. The van der Waals surface area contributed by atoms with Gasteiger partial charge in [0.15, 0.2) is 0 Å². The third-order valence-electron chi connectivity index (χ3n) is 5.11. The van der Waals surface area contributed by atoms with Gasteiger partial charge in [-0.3, -0.25) is 19.6 Å². The number of carboxylic acids is 1. The maximum atomic E-state index is 12.9. The molecule has 2 amide bonds. The molecule has 1 saturated carbocycles. The van der Waals surface area contributed by atoms with E-state index in [1.54, 1.807) is 0 Å². The Morgan fingerprint density at radius 3 is 2.54 bits per heavy atom. The number of nitrogens with zero attached hydrogens (tertiary/aromatic N) is 1. The number of aryl methyl sites for hydroxylation is 2. The van der Waals surface area contributed by atoms with Crippen molar-refractivity contribution in [3.63, 3.8) is 0 Å². The predicted octanol–water partition coefficient (Wildman–Crippen LogP) is 1.91. The summed E-state index contributed by atoms with van der Waals surface area (Å²) in [5.74, 6) is -1.98. The van der Waals surface area contributed by atoms with Crippen molar-refractivity contribution in [2.45, 2.75) is 51.5 Å². The van der Waals surface area contributed by atoms with E-state index in [0.29, 0.717) is 6.42 Å². The van der Waals surface area contributed by atoms with Crippen molar-refractivity contribution in [1.82, 2.24) is 10.4 Å². The highest BCUT2D eigenvalue weighted by atomic mass is 16.5. The lowest BCUT2D eigenvalue weighted by atomic mass is 9.94. The van der Waals surface area contributed by atoms with Gasteiger partial charge in [0.25, 0.3) is 5.91 Å². The summed E-state index contributed by atoms with van der Waals surface area (Å²) in [5.41, 5.74) is 3.38. The van der Waals surface area contributed by atoms with Crippen LogP contribution in [0.3, 0.4) is 0 Å². The summed E-state index contributed by atoms with van der Waals surface area (Å²) >= 11 is 0. The van der Waals surface area contributed by atoms with Crippen molar-refractivity contribution in [2.75, 3.05) is 7.05 Å². The highest BCUT2D eigenvalue weighted by Gasteiger charge is 2.51. The molecule has 1 aromatic carbocycles. The molecule has 0 aliphatic heterocycles. The molecule has 1 aromatic rings. The molecule has 0 radical (unpaired) electrons. The minimum Gasteiger partial charge on any atom is -0.481 e. The maximum Gasteiger partial charge on any atom is 0.303 e. The van der Waals surface area contributed by atoms with Gasteiger partial charge in [-0.2, -0.15) is 0 Å². The van der Waals surface area contributed by atoms with Gasteiger partial charge in [0.1, 0.15) is 6.04 Å². The lowest BCUT2D eigenvalue weighted by molar-refractivity contribution is -0.148. The van der Waals surface area contributed by atoms with E-state index in [2.05, 4.69) is 6.07 Å². The molecule has 0 unspecified atom stereocenters. The highest BCUT2D eigenvalue weighted by molar-refractivity contribution is 5.91. The van der Waals surface area contributed by atoms with Crippen molar-refractivity contribution in [3.05, 3.63) is 35.4 Å². The molecule has 1 aliphatic rings. The minimum absolute atomic E-state index is 0.0437. The second kappa shape index (κ2) is 8.31. The lowest BCUT2D eigenvalue weighted by Gasteiger charge is -2.30. The number of hydrogen-bond acceptors (Lipinski definition) is 4. The topological polar surface area (TPSA) is 107 Å². The molecular weight excluding hydrogens is 336 g/mol. The zero-order valence-electron chi connectivity index (χ0n) is 15.2. The molecule has 7 heteroatoms. The number of likely N-dealkylation sites (N-methyl/N-ethyl adjacent to an activating group) is 1. The number of hydrogen-bond donors (Lipinski definition) is 3. The molecule has 0 bridgehead atoms. The summed E-state index contributed by atoms with van der Waals surface area (Å²) in [6.45, 7) is 2.02. The Labute approximate surface area is 153 Å². The Morgan fingerprint density at radius 2 is 2.00 bits per heavy atom. The Morgan fingerprint density at radius 1 is 1.31 bits per heavy atom. The third kappa shape index (κ3) is 4.82. The smallest absolute Gasteiger partial charge is 0.303 e. The van der Waals surface area contributed by atoms with Crippen LogP contribution in [0.5, 0.6) is 0 Å². The van der Waals surface area contributed by atoms with Gasteiger partial charge in [-0.15, -0.1) is 0 Å². The second-order valence-electron chi connectivity index (χ2n) is 7.11. The first-order chi connectivity index (χ1) is 12.3. The van der Waals surface area contributed by atoms with Crippen LogP contribution < -0.4 is 5.48 Å². The summed E-state index contributed by atoms with van der Waals surface area (Å²) in [6.07, 6.45) is 2.67. The molecule has 1 atom stereocenters. The van der Waals surface area contributed by atoms with Crippen LogP contribution in [0.1, 0.15) is 43.2 Å². The quantitative estimate of drug-likeness (QED) is 0.459. The number of amides is 2. The number of benzene rings is 1. The molecule has 3 N–H and O–H groups in total. The third-order valence-corrected chi connectivity index (χ3v) is 5.11. The Bertz CT molecular complexity index is 684. The normalized spacial score (nSPS) is 15.8. The van der Waals surface area contributed by atoms with Crippen LogP contribution in [0, 0.1) is 12.3 Å². The summed E-state index contributed by atoms with van der Waals surface area (Å²) in [7, 11) is 1.50. The van der Waals surface area contributed by atoms with Gasteiger partial charge in [0, 0.05) is 18.9 Å². The van der Waals surface area contributed by atoms with Gasteiger partial charge in [-0.05, 0) is 44.6 Å². The number of carbonyl (C=O) groups is 3. The van der Waals surface area contributed by atoms with Crippen LogP contribution in [0.25, 0.3) is 0 Å². The van der Waals surface area contributed by atoms with Gasteiger partial charge < -0.3 is 10.0 Å². The summed E-state index contributed by atoms with van der Waals surface area (Å²) < 4.78 is 0. The fourth-order valence-electron chi connectivity index (χ4n) is 3.32. The average molecular weight is 362 g/mol. The van der Waals surface area contributed by atoms with Crippen LogP contribution >= 0.6 is 0 Å². The van der Waals surface area contributed by atoms with E-state index in [1.807, 2.05) is 25.1 Å². The molecule has 142 valence electrons. The Kier molecular flexibility index (Phi) is 6.37. The number of carbonyl (C=O) groups excluding carboxylic acids is 2. The molecular formula is C19H26N2O5. The molecule has 0 aromatic heterocycles. The molecule has 26 heavy (non-hydrogen) atoms. The van der Waals surface area contributed by atoms with E-state index in [0.717, 1.165) is 19.3 Å². The maximum absolute atomic E-state index is 12.9. The zero-order chi connectivity index (χ0) is 19.3. The van der Waals surface area contributed by atoms with E-state index in [1.165, 1.54) is 28.6 Å². The van der Waals surface area contributed by atoms with Crippen molar-refractivity contribution in [1.29, 1.82) is 0 Å². The predicted molar refractivity (Wildman–Crippen MR) is 94.5 cm³/mol. The van der Waals surface area contributed by atoms with E-state index < -0.39 is 23.3 Å². The fourth-order valence-corrected chi connectivity index (χ4v) is 3.32. The molecule has 1 aliphatic carbocycles. The summed E-state index contributed by atoms with van der Waals surface area (Å²) in [5, 5.41) is 17.8. The lowest BCUT2D eigenvalue weighted by Crippen LogP contribution is -2.49. The van der Waals surface area contributed by atoms with Crippen molar-refractivity contribution in [2.24, 2.45) is 5.41 Å². The first kappa shape index (κ1) is 19.9. The Hall–Kier alpha value is -2.41. The molecule has 7 nitrogen and oxygen atoms in total. The number of aliphatic carboxylic acids is 1. The minimum atomic E-state index is -1.05. The zero-order valence-corrected chi connectivity index (χ0v) is 15.2. The van der Waals surface area contributed by atoms with Gasteiger partial charge in [-0.25, -0.2) is 5.48 Å². The van der Waals surface area contributed by atoms with Crippen molar-refractivity contribution in [3.8, 4) is 0 Å². The Balaban J connectivity index is 2.04. The van der Waals surface area contributed by atoms with Crippen LogP contribution in [0.15, 0.2) is 24.3 Å². The second-order valence-corrected chi connectivity index (χ2v) is 7.11. The number of nitrogens with one attached hydrogen (secondary N) is 1.